The summed E-state index contributed by atoms with van der Waals surface area (Å²) in [5.41, 5.74) is 0.549. The molecule has 0 saturated heterocycles. The molecule has 1 aromatic heterocycles. The fraction of sp³-hybridized carbons (Fsp3) is 0.667. The summed E-state index contributed by atoms with van der Waals surface area (Å²) >= 11 is 0. The Morgan fingerprint density at radius 3 is 2.93 bits per heavy atom. The number of nitrogens with zero attached hydrogens (tertiary/aromatic N) is 3. The van der Waals surface area contributed by atoms with Crippen molar-refractivity contribution >= 4 is 5.78 Å². The number of hydrogen-bond acceptors (Lipinski definition) is 4. The molecular weight excluding hydrogens is 182 g/mol. The summed E-state index contributed by atoms with van der Waals surface area (Å²) in [5, 5.41) is 7.36. The minimum Gasteiger partial charge on any atom is -0.384 e. The van der Waals surface area contributed by atoms with Crippen LogP contribution in [0.5, 0.6) is 0 Å². The van der Waals surface area contributed by atoms with Crippen molar-refractivity contribution in [2.24, 2.45) is 13.0 Å². The van der Waals surface area contributed by atoms with Crippen LogP contribution in [0.2, 0.25) is 0 Å². The summed E-state index contributed by atoms with van der Waals surface area (Å²) in [6, 6.07) is 0. The first kappa shape index (κ1) is 10.8. The van der Waals surface area contributed by atoms with Crippen LogP contribution in [0.3, 0.4) is 0 Å². The number of hydrogen-bond donors (Lipinski definition) is 0. The number of methoxy groups -OCH3 is 1. The molecule has 5 heteroatoms. The number of carbonyl (C=O) groups is 1. The molecule has 0 aliphatic heterocycles. The fourth-order valence-electron chi connectivity index (χ4n) is 1.31. The van der Waals surface area contributed by atoms with E-state index in [4.69, 9.17) is 4.74 Å². The maximum Gasteiger partial charge on any atom is 0.182 e. The number of ketones is 1. The van der Waals surface area contributed by atoms with Gasteiger partial charge in [0.1, 0.15) is 5.69 Å². The van der Waals surface area contributed by atoms with Crippen molar-refractivity contribution in [3.8, 4) is 0 Å². The molecular formula is C9H15N3O2. The topological polar surface area (TPSA) is 57.0 Å². The van der Waals surface area contributed by atoms with Crippen molar-refractivity contribution in [1.29, 1.82) is 0 Å². The van der Waals surface area contributed by atoms with Gasteiger partial charge < -0.3 is 4.74 Å². The second-order valence-corrected chi connectivity index (χ2v) is 3.43. The number of ether oxygens (including phenoxy) is 1. The van der Waals surface area contributed by atoms with Gasteiger partial charge in [0.15, 0.2) is 5.78 Å². The highest BCUT2D eigenvalue weighted by Crippen LogP contribution is 2.08. The summed E-state index contributed by atoms with van der Waals surface area (Å²) in [7, 11) is 3.34. The Morgan fingerprint density at radius 1 is 1.71 bits per heavy atom. The van der Waals surface area contributed by atoms with Crippen LogP contribution in [0, 0.1) is 5.92 Å². The third kappa shape index (κ3) is 2.63. The van der Waals surface area contributed by atoms with Crippen LogP contribution in [0.15, 0.2) is 6.20 Å². The van der Waals surface area contributed by atoms with Gasteiger partial charge in [-0.05, 0) is 5.92 Å². The summed E-state index contributed by atoms with van der Waals surface area (Å²) in [6.07, 6.45) is 1.96. The molecule has 5 nitrogen and oxygen atoms in total. The maximum absolute atomic E-state index is 11.7. The molecule has 0 aliphatic rings. The van der Waals surface area contributed by atoms with E-state index in [0.717, 1.165) is 0 Å². The molecule has 1 aromatic rings. The van der Waals surface area contributed by atoms with Crippen molar-refractivity contribution in [3.63, 3.8) is 0 Å². The second kappa shape index (κ2) is 4.85. The molecule has 1 rings (SSSR count). The van der Waals surface area contributed by atoms with Crippen molar-refractivity contribution in [3.05, 3.63) is 11.9 Å². The Morgan fingerprint density at radius 2 is 2.43 bits per heavy atom. The fourth-order valence-corrected chi connectivity index (χ4v) is 1.31. The van der Waals surface area contributed by atoms with Crippen LogP contribution < -0.4 is 0 Å². The van der Waals surface area contributed by atoms with E-state index in [1.165, 1.54) is 10.9 Å². The Balaban J connectivity index is 2.55. The van der Waals surface area contributed by atoms with Gasteiger partial charge in [-0.3, -0.25) is 4.79 Å². The minimum absolute atomic E-state index is 0.0575. The number of Topliss-reactive ketones (excluding diaryl/α,β-unsaturated/α-hetero) is 1. The number of rotatable bonds is 5. The minimum atomic E-state index is 0.0575. The number of aromatic nitrogens is 3. The van der Waals surface area contributed by atoms with Gasteiger partial charge in [-0.1, -0.05) is 12.1 Å². The van der Waals surface area contributed by atoms with Gasteiger partial charge in [0, 0.05) is 27.2 Å². The van der Waals surface area contributed by atoms with E-state index in [9.17, 15) is 4.79 Å². The van der Waals surface area contributed by atoms with Gasteiger partial charge in [-0.2, -0.15) is 0 Å². The van der Waals surface area contributed by atoms with Gasteiger partial charge in [-0.15, -0.1) is 5.10 Å². The van der Waals surface area contributed by atoms with E-state index < -0.39 is 0 Å². The van der Waals surface area contributed by atoms with Gasteiger partial charge in [0.25, 0.3) is 0 Å². The lowest BCUT2D eigenvalue weighted by Gasteiger charge is -2.08. The van der Waals surface area contributed by atoms with Gasteiger partial charge in [0.05, 0.1) is 6.20 Å². The first-order valence-corrected chi connectivity index (χ1v) is 4.52. The highest BCUT2D eigenvalue weighted by molar-refractivity contribution is 5.94. The molecule has 0 spiro atoms. The van der Waals surface area contributed by atoms with E-state index in [1.54, 1.807) is 14.2 Å². The SMILES string of the molecule is COCC(C)CC(=O)c1cnnn1C. The summed E-state index contributed by atoms with van der Waals surface area (Å²) in [5.74, 6) is 0.282. The van der Waals surface area contributed by atoms with Crippen molar-refractivity contribution < 1.29 is 9.53 Å². The molecule has 1 atom stereocenters. The van der Waals surface area contributed by atoms with Crippen LogP contribution in [-0.2, 0) is 11.8 Å². The molecule has 0 radical (unpaired) electrons. The molecule has 0 fully saturated rings. The largest absolute Gasteiger partial charge is 0.384 e. The lowest BCUT2D eigenvalue weighted by Crippen LogP contribution is -2.13. The van der Waals surface area contributed by atoms with Crippen LogP contribution in [0.4, 0.5) is 0 Å². The van der Waals surface area contributed by atoms with Gasteiger partial charge >= 0.3 is 0 Å². The molecule has 78 valence electrons. The number of aryl methyl sites for hydroxylation is 1. The highest BCUT2D eigenvalue weighted by Gasteiger charge is 2.14. The smallest absolute Gasteiger partial charge is 0.182 e. The highest BCUT2D eigenvalue weighted by atomic mass is 16.5. The van der Waals surface area contributed by atoms with E-state index in [1.807, 2.05) is 6.92 Å². The maximum atomic E-state index is 11.7. The lowest BCUT2D eigenvalue weighted by molar-refractivity contribution is 0.0911. The molecule has 0 saturated carbocycles. The van der Waals surface area contributed by atoms with Crippen LogP contribution in [-0.4, -0.2) is 34.5 Å². The molecule has 1 heterocycles. The lowest BCUT2D eigenvalue weighted by atomic mass is 10.0. The van der Waals surface area contributed by atoms with E-state index >= 15 is 0 Å². The van der Waals surface area contributed by atoms with Crippen molar-refractivity contribution in [2.75, 3.05) is 13.7 Å². The third-order valence-corrected chi connectivity index (χ3v) is 1.99. The van der Waals surface area contributed by atoms with Gasteiger partial charge in [-0.25, -0.2) is 4.68 Å². The molecule has 1 unspecified atom stereocenters. The Hall–Kier alpha value is -1.23. The normalized spacial score (nSPS) is 12.8. The second-order valence-electron chi connectivity index (χ2n) is 3.43. The van der Waals surface area contributed by atoms with E-state index in [0.29, 0.717) is 18.7 Å². The Kier molecular flexibility index (Phi) is 3.76. The summed E-state index contributed by atoms with van der Waals surface area (Å²) < 4.78 is 6.45. The molecule has 0 N–H and O–H groups in total. The summed E-state index contributed by atoms with van der Waals surface area (Å²) in [6.45, 7) is 2.57. The zero-order valence-electron chi connectivity index (χ0n) is 8.73. The Labute approximate surface area is 83.1 Å². The van der Waals surface area contributed by atoms with Crippen LogP contribution >= 0.6 is 0 Å². The van der Waals surface area contributed by atoms with Crippen molar-refractivity contribution in [1.82, 2.24) is 15.0 Å². The zero-order valence-corrected chi connectivity index (χ0v) is 8.73. The quantitative estimate of drug-likeness (QED) is 0.651. The predicted molar refractivity (Wildman–Crippen MR) is 51.0 cm³/mol. The standard InChI is InChI=1S/C9H15N3O2/c1-7(6-14-3)4-9(13)8-5-10-11-12(8)2/h5,7H,4,6H2,1-3H3. The first-order chi connectivity index (χ1) is 6.65. The Bertz CT molecular complexity index is 309. The first-order valence-electron chi connectivity index (χ1n) is 4.52. The van der Waals surface area contributed by atoms with Crippen LogP contribution in [0.25, 0.3) is 0 Å². The van der Waals surface area contributed by atoms with E-state index in [-0.39, 0.29) is 11.7 Å². The zero-order chi connectivity index (χ0) is 10.6. The van der Waals surface area contributed by atoms with Crippen LogP contribution in [0.1, 0.15) is 23.8 Å². The number of carbonyl (C=O) groups excluding carboxylic acids is 1. The third-order valence-electron chi connectivity index (χ3n) is 1.99. The van der Waals surface area contributed by atoms with E-state index in [2.05, 4.69) is 10.3 Å². The summed E-state index contributed by atoms with van der Waals surface area (Å²) in [4.78, 5) is 11.7. The molecule has 0 aliphatic carbocycles. The monoisotopic (exact) mass is 197 g/mol. The predicted octanol–water partition coefficient (Wildman–Crippen LogP) is 0.670. The average molecular weight is 197 g/mol. The molecule has 0 amide bonds. The molecule has 0 aromatic carbocycles. The molecule has 0 bridgehead atoms. The molecule has 14 heavy (non-hydrogen) atoms. The van der Waals surface area contributed by atoms with Gasteiger partial charge in [0.2, 0.25) is 0 Å². The van der Waals surface area contributed by atoms with Crippen molar-refractivity contribution in [2.45, 2.75) is 13.3 Å². The average Bonchev–Trinajstić information content (AvgIpc) is 2.51.